The molecule has 2 aromatic rings. The second-order valence-electron chi connectivity index (χ2n) is 4.70. The van der Waals surface area contributed by atoms with E-state index in [0.29, 0.717) is 5.69 Å². The number of nitrogen functional groups attached to an aromatic ring is 1. The number of benzene rings is 1. The average Bonchev–Trinajstić information content (AvgIpc) is 2.37. The number of pyridine rings is 1. The summed E-state index contributed by atoms with van der Waals surface area (Å²) in [6.45, 7) is 0. The highest BCUT2D eigenvalue weighted by Crippen LogP contribution is 2.33. The monoisotopic (exact) mass is 296 g/mol. The van der Waals surface area contributed by atoms with E-state index in [1.54, 1.807) is 12.1 Å². The smallest absolute Gasteiger partial charge is 0.384 e. The molecule has 0 spiro atoms. The van der Waals surface area contributed by atoms with Crippen LogP contribution in [0.2, 0.25) is 0 Å². The van der Waals surface area contributed by atoms with E-state index >= 15 is 0 Å². The van der Waals surface area contributed by atoms with Crippen LogP contribution in [0.25, 0.3) is 0 Å². The number of hydrogen-bond acceptors (Lipinski definition) is 4. The molecule has 112 valence electrons. The fraction of sp³-hybridized carbons (Fsp3) is 0.214. The van der Waals surface area contributed by atoms with Crippen LogP contribution in [0, 0.1) is 0 Å². The topological polar surface area (TPSA) is 54.2 Å². The first-order chi connectivity index (χ1) is 9.77. The molecule has 0 aliphatic carbocycles. The van der Waals surface area contributed by atoms with Gasteiger partial charge in [0.05, 0.1) is 16.9 Å². The zero-order valence-corrected chi connectivity index (χ0v) is 11.6. The molecule has 21 heavy (non-hydrogen) atoms. The van der Waals surface area contributed by atoms with Gasteiger partial charge in [-0.25, -0.2) is 4.98 Å². The summed E-state index contributed by atoms with van der Waals surface area (Å²) in [5.74, 6) is -0.133. The minimum atomic E-state index is -4.46. The fourth-order valence-electron chi connectivity index (χ4n) is 1.89. The van der Waals surface area contributed by atoms with Gasteiger partial charge in [-0.05, 0) is 24.3 Å². The van der Waals surface area contributed by atoms with E-state index < -0.39 is 11.7 Å². The summed E-state index contributed by atoms with van der Waals surface area (Å²) in [6, 6.07) is 8.97. The lowest BCUT2D eigenvalue weighted by Gasteiger charge is -2.18. The van der Waals surface area contributed by atoms with Crippen molar-refractivity contribution in [3.8, 4) is 0 Å². The van der Waals surface area contributed by atoms with Gasteiger partial charge in [0.1, 0.15) is 11.6 Å². The summed E-state index contributed by atoms with van der Waals surface area (Å²) < 4.78 is 38.3. The Labute approximate surface area is 120 Å². The van der Waals surface area contributed by atoms with Crippen LogP contribution in [0.4, 0.5) is 36.2 Å². The third kappa shape index (κ3) is 3.56. The van der Waals surface area contributed by atoms with Gasteiger partial charge in [-0.15, -0.1) is 0 Å². The molecule has 0 atom stereocenters. The number of halogens is 3. The van der Waals surface area contributed by atoms with Gasteiger partial charge >= 0.3 is 6.18 Å². The molecule has 7 heteroatoms. The SMILES string of the molecule is CN(C)c1ccccc1Nc1cc(C(F)(F)F)cc(N)n1. The van der Waals surface area contributed by atoms with Crippen molar-refractivity contribution in [3.63, 3.8) is 0 Å². The van der Waals surface area contributed by atoms with Crippen molar-refractivity contribution in [2.45, 2.75) is 6.18 Å². The van der Waals surface area contributed by atoms with Crippen LogP contribution in [0.5, 0.6) is 0 Å². The Morgan fingerprint density at radius 3 is 2.43 bits per heavy atom. The first-order valence-electron chi connectivity index (χ1n) is 6.15. The molecule has 4 nitrogen and oxygen atoms in total. The first-order valence-corrected chi connectivity index (χ1v) is 6.15. The van der Waals surface area contributed by atoms with Crippen LogP contribution < -0.4 is 16.0 Å². The summed E-state index contributed by atoms with van der Waals surface area (Å²) in [4.78, 5) is 5.74. The van der Waals surface area contributed by atoms with Gasteiger partial charge in [-0.2, -0.15) is 13.2 Å². The lowest BCUT2D eigenvalue weighted by molar-refractivity contribution is -0.137. The normalized spacial score (nSPS) is 11.3. The molecule has 3 N–H and O–H groups in total. The van der Waals surface area contributed by atoms with Gasteiger partial charge in [0.25, 0.3) is 0 Å². The van der Waals surface area contributed by atoms with E-state index in [0.717, 1.165) is 17.8 Å². The van der Waals surface area contributed by atoms with Crippen molar-refractivity contribution in [2.75, 3.05) is 30.0 Å². The molecule has 2 rings (SSSR count). The number of para-hydroxylation sites is 2. The van der Waals surface area contributed by atoms with E-state index in [4.69, 9.17) is 5.73 Å². The van der Waals surface area contributed by atoms with Crippen LogP contribution in [0.1, 0.15) is 5.56 Å². The van der Waals surface area contributed by atoms with Gasteiger partial charge in [-0.3, -0.25) is 0 Å². The molecule has 0 amide bonds. The average molecular weight is 296 g/mol. The third-order valence-electron chi connectivity index (χ3n) is 2.82. The van der Waals surface area contributed by atoms with Crippen molar-refractivity contribution in [1.29, 1.82) is 0 Å². The van der Waals surface area contributed by atoms with E-state index in [1.807, 2.05) is 31.1 Å². The molecular formula is C14H15F3N4. The number of alkyl halides is 3. The Bertz CT molecular complexity index is 638. The highest BCUT2D eigenvalue weighted by molar-refractivity contribution is 5.74. The van der Waals surface area contributed by atoms with Crippen molar-refractivity contribution < 1.29 is 13.2 Å². The van der Waals surface area contributed by atoms with Crippen molar-refractivity contribution in [1.82, 2.24) is 4.98 Å². The Kier molecular flexibility index (Phi) is 3.93. The molecule has 0 unspecified atom stereocenters. The number of nitrogens with two attached hydrogens (primary N) is 1. The van der Waals surface area contributed by atoms with E-state index in [9.17, 15) is 13.2 Å². The zero-order valence-electron chi connectivity index (χ0n) is 11.6. The standard InChI is InChI=1S/C14H15F3N4/c1-21(2)11-6-4-3-5-10(11)19-13-8-9(14(15,16)17)7-12(18)20-13/h3-8H,1-2H3,(H3,18,19,20). The number of nitrogens with zero attached hydrogens (tertiary/aromatic N) is 2. The molecule has 0 aliphatic heterocycles. The molecule has 0 radical (unpaired) electrons. The summed E-state index contributed by atoms with van der Waals surface area (Å²) in [5, 5.41) is 2.87. The van der Waals surface area contributed by atoms with Crippen LogP contribution in [-0.4, -0.2) is 19.1 Å². The van der Waals surface area contributed by atoms with E-state index in [2.05, 4.69) is 10.3 Å². The van der Waals surface area contributed by atoms with Gasteiger partial charge in [0.15, 0.2) is 0 Å². The number of nitrogens with one attached hydrogen (secondary N) is 1. The quantitative estimate of drug-likeness (QED) is 0.910. The van der Waals surface area contributed by atoms with Gasteiger partial charge < -0.3 is 16.0 Å². The van der Waals surface area contributed by atoms with E-state index in [1.165, 1.54) is 0 Å². The molecule has 0 fully saturated rings. The highest BCUT2D eigenvalue weighted by Gasteiger charge is 2.31. The Hall–Kier alpha value is -2.44. The minimum absolute atomic E-state index is 0.0524. The molecule has 1 aromatic carbocycles. The molecular weight excluding hydrogens is 281 g/mol. The maximum atomic E-state index is 12.8. The molecule has 1 heterocycles. The molecule has 1 aromatic heterocycles. The largest absolute Gasteiger partial charge is 0.416 e. The number of aromatic nitrogens is 1. The van der Waals surface area contributed by atoms with Gasteiger partial charge in [0.2, 0.25) is 0 Å². The molecule has 0 bridgehead atoms. The van der Waals surface area contributed by atoms with E-state index in [-0.39, 0.29) is 11.6 Å². The summed E-state index contributed by atoms with van der Waals surface area (Å²) >= 11 is 0. The van der Waals surface area contributed by atoms with Crippen LogP contribution in [0.15, 0.2) is 36.4 Å². The lowest BCUT2D eigenvalue weighted by Crippen LogP contribution is -2.12. The summed E-state index contributed by atoms with van der Waals surface area (Å²) in [5.41, 5.74) is 6.09. The maximum absolute atomic E-state index is 12.8. The lowest BCUT2D eigenvalue weighted by atomic mass is 10.2. The highest BCUT2D eigenvalue weighted by atomic mass is 19.4. The fourth-order valence-corrected chi connectivity index (χ4v) is 1.89. The van der Waals surface area contributed by atoms with Crippen molar-refractivity contribution >= 4 is 23.0 Å². The minimum Gasteiger partial charge on any atom is -0.384 e. The van der Waals surface area contributed by atoms with Crippen molar-refractivity contribution in [2.24, 2.45) is 0 Å². The van der Waals surface area contributed by atoms with Crippen LogP contribution in [-0.2, 0) is 6.18 Å². The summed E-state index contributed by atoms with van der Waals surface area (Å²) in [7, 11) is 3.68. The Morgan fingerprint density at radius 2 is 1.81 bits per heavy atom. The predicted molar refractivity (Wildman–Crippen MR) is 77.7 cm³/mol. The zero-order chi connectivity index (χ0) is 15.6. The predicted octanol–water partition coefficient (Wildman–Crippen LogP) is 3.49. The molecule has 0 saturated heterocycles. The molecule has 0 aliphatic rings. The van der Waals surface area contributed by atoms with Gasteiger partial charge in [-0.1, -0.05) is 12.1 Å². The number of hydrogen-bond donors (Lipinski definition) is 2. The van der Waals surface area contributed by atoms with Crippen LogP contribution >= 0.6 is 0 Å². The molecule has 0 saturated carbocycles. The Morgan fingerprint density at radius 1 is 1.14 bits per heavy atom. The summed E-state index contributed by atoms with van der Waals surface area (Å²) in [6.07, 6.45) is -4.46. The number of rotatable bonds is 3. The second-order valence-corrected chi connectivity index (χ2v) is 4.70. The second kappa shape index (κ2) is 5.51. The Balaban J connectivity index is 2.39. The first kappa shape index (κ1) is 15.0. The van der Waals surface area contributed by atoms with Gasteiger partial charge in [0, 0.05) is 14.1 Å². The maximum Gasteiger partial charge on any atom is 0.416 e. The van der Waals surface area contributed by atoms with Crippen molar-refractivity contribution in [3.05, 3.63) is 42.0 Å². The van der Waals surface area contributed by atoms with Crippen LogP contribution in [0.3, 0.4) is 0 Å². The number of anilines is 4. The third-order valence-corrected chi connectivity index (χ3v) is 2.82.